The lowest BCUT2D eigenvalue weighted by molar-refractivity contribution is 0.0684. The first-order valence-corrected chi connectivity index (χ1v) is 7.21. The van der Waals surface area contributed by atoms with Crippen molar-refractivity contribution in [2.24, 2.45) is 0 Å². The summed E-state index contributed by atoms with van der Waals surface area (Å²) in [6.07, 6.45) is 3.31. The fourth-order valence-electron chi connectivity index (χ4n) is 2.02. The number of carbonyl (C=O) groups is 1. The van der Waals surface area contributed by atoms with E-state index in [9.17, 15) is 10.1 Å². The van der Waals surface area contributed by atoms with Gasteiger partial charge in [0.05, 0.1) is 6.07 Å². The first-order chi connectivity index (χ1) is 8.60. The van der Waals surface area contributed by atoms with Crippen LogP contribution in [0.25, 0.3) is 0 Å². The first-order valence-electron chi connectivity index (χ1n) is 5.61. The number of rotatable bonds is 2. The number of piperidine rings is 1. The first kappa shape index (κ1) is 13.3. The molecule has 0 unspecified atom stereocenters. The van der Waals surface area contributed by atoms with Gasteiger partial charge in [-0.15, -0.1) is 11.8 Å². The topological polar surface area (TPSA) is 57.2 Å². The number of carbonyl (C=O) groups excluding carboxylic acids is 1. The van der Waals surface area contributed by atoms with Gasteiger partial charge in [-0.25, -0.2) is 0 Å². The zero-order valence-electron chi connectivity index (χ0n) is 9.98. The van der Waals surface area contributed by atoms with Gasteiger partial charge in [0.1, 0.15) is 4.75 Å². The van der Waals surface area contributed by atoms with Crippen LogP contribution in [0.2, 0.25) is 5.22 Å². The van der Waals surface area contributed by atoms with E-state index in [1.54, 1.807) is 28.8 Å². The second-order valence-electron chi connectivity index (χ2n) is 4.21. The SMILES string of the molecule is CSC1(C#N)CCN(C(=O)c2ccc(Cl)o2)CC1. The van der Waals surface area contributed by atoms with Crippen LogP contribution in [0.3, 0.4) is 0 Å². The number of nitriles is 1. The predicted molar refractivity (Wildman–Crippen MR) is 70.7 cm³/mol. The number of thioether (sulfide) groups is 1. The van der Waals surface area contributed by atoms with Crippen molar-refractivity contribution in [1.82, 2.24) is 4.90 Å². The van der Waals surface area contributed by atoms with Crippen LogP contribution in [-0.4, -0.2) is 34.9 Å². The molecule has 1 aromatic rings. The molecule has 0 bridgehead atoms. The highest BCUT2D eigenvalue weighted by Crippen LogP contribution is 2.34. The Labute approximate surface area is 115 Å². The Morgan fingerprint density at radius 1 is 1.56 bits per heavy atom. The van der Waals surface area contributed by atoms with E-state index in [2.05, 4.69) is 6.07 Å². The Kier molecular flexibility index (Phi) is 3.88. The van der Waals surface area contributed by atoms with E-state index in [1.165, 1.54) is 0 Å². The molecule has 0 radical (unpaired) electrons. The average Bonchev–Trinajstić information content (AvgIpc) is 2.85. The fraction of sp³-hybridized carbons (Fsp3) is 0.500. The van der Waals surface area contributed by atoms with Crippen LogP contribution in [-0.2, 0) is 0 Å². The molecule has 0 saturated carbocycles. The summed E-state index contributed by atoms with van der Waals surface area (Å²) < 4.78 is 4.76. The second-order valence-corrected chi connectivity index (χ2v) is 5.77. The van der Waals surface area contributed by atoms with E-state index < -0.39 is 0 Å². The third-order valence-corrected chi connectivity index (χ3v) is 4.72. The number of halogens is 1. The maximum atomic E-state index is 12.1. The second kappa shape index (κ2) is 5.25. The highest BCUT2D eigenvalue weighted by Gasteiger charge is 2.36. The molecule has 4 nitrogen and oxygen atoms in total. The summed E-state index contributed by atoms with van der Waals surface area (Å²) >= 11 is 7.21. The summed E-state index contributed by atoms with van der Waals surface area (Å²) in [6.45, 7) is 1.15. The standard InChI is InChI=1S/C12H13ClN2O2S/c1-18-12(8-14)4-6-15(7-5-12)11(16)9-2-3-10(13)17-9/h2-3H,4-7H2,1H3. The highest BCUT2D eigenvalue weighted by atomic mass is 35.5. The normalized spacial score (nSPS) is 18.4. The maximum Gasteiger partial charge on any atom is 0.289 e. The van der Waals surface area contributed by atoms with Gasteiger partial charge in [0.25, 0.3) is 5.91 Å². The molecule has 0 atom stereocenters. The molecule has 96 valence electrons. The fourth-order valence-corrected chi connectivity index (χ4v) is 2.85. The Bertz CT molecular complexity index is 487. The molecular formula is C12H13ClN2O2S. The zero-order chi connectivity index (χ0) is 13.2. The molecule has 2 heterocycles. The minimum Gasteiger partial charge on any atom is -0.440 e. The van der Waals surface area contributed by atoms with Gasteiger partial charge in [-0.1, -0.05) is 0 Å². The molecule has 1 aliphatic heterocycles. The summed E-state index contributed by atoms with van der Waals surface area (Å²) in [4.78, 5) is 13.8. The monoisotopic (exact) mass is 284 g/mol. The smallest absolute Gasteiger partial charge is 0.289 e. The molecular weight excluding hydrogens is 272 g/mol. The largest absolute Gasteiger partial charge is 0.440 e. The van der Waals surface area contributed by atoms with Crippen molar-refractivity contribution in [3.63, 3.8) is 0 Å². The number of hydrogen-bond donors (Lipinski definition) is 0. The molecule has 0 aromatic carbocycles. The van der Waals surface area contributed by atoms with Gasteiger partial charge in [-0.3, -0.25) is 4.79 Å². The van der Waals surface area contributed by atoms with Crippen LogP contribution in [0.1, 0.15) is 23.4 Å². The maximum absolute atomic E-state index is 12.1. The molecule has 0 aliphatic carbocycles. The van der Waals surface area contributed by atoms with E-state index in [4.69, 9.17) is 16.0 Å². The average molecular weight is 285 g/mol. The van der Waals surface area contributed by atoms with Crippen molar-refractivity contribution in [3.8, 4) is 6.07 Å². The van der Waals surface area contributed by atoms with E-state index in [0.717, 1.165) is 0 Å². The number of likely N-dealkylation sites (tertiary alicyclic amines) is 1. The van der Waals surface area contributed by atoms with E-state index in [1.807, 2.05) is 6.26 Å². The number of hydrogen-bond acceptors (Lipinski definition) is 4. The Morgan fingerprint density at radius 3 is 2.67 bits per heavy atom. The molecule has 1 aliphatic rings. The lowest BCUT2D eigenvalue weighted by Crippen LogP contribution is -2.44. The third kappa shape index (κ3) is 2.50. The van der Waals surface area contributed by atoms with E-state index in [-0.39, 0.29) is 21.6 Å². The Morgan fingerprint density at radius 2 is 2.22 bits per heavy atom. The number of amides is 1. The summed E-state index contributed by atoms with van der Waals surface area (Å²) in [6, 6.07) is 5.48. The lowest BCUT2D eigenvalue weighted by atomic mass is 9.97. The minimum atomic E-state index is -0.350. The molecule has 0 N–H and O–H groups in total. The van der Waals surface area contributed by atoms with Gasteiger partial charge in [0.15, 0.2) is 11.0 Å². The van der Waals surface area contributed by atoms with Gasteiger partial charge in [-0.05, 0) is 42.8 Å². The summed E-state index contributed by atoms with van der Waals surface area (Å²) in [7, 11) is 0. The van der Waals surface area contributed by atoms with Crippen LogP contribution in [0.4, 0.5) is 0 Å². The van der Waals surface area contributed by atoms with Gasteiger partial charge in [-0.2, -0.15) is 5.26 Å². The third-order valence-electron chi connectivity index (χ3n) is 3.24. The van der Waals surface area contributed by atoms with Gasteiger partial charge < -0.3 is 9.32 Å². The predicted octanol–water partition coefficient (Wildman–Crippen LogP) is 2.79. The Balaban J connectivity index is 2.02. The van der Waals surface area contributed by atoms with Crippen LogP contribution >= 0.6 is 23.4 Å². The van der Waals surface area contributed by atoms with Gasteiger partial charge >= 0.3 is 0 Å². The molecule has 1 amide bonds. The zero-order valence-corrected chi connectivity index (χ0v) is 11.6. The molecule has 2 rings (SSSR count). The van der Waals surface area contributed by atoms with Crippen molar-refractivity contribution in [2.75, 3.05) is 19.3 Å². The van der Waals surface area contributed by atoms with E-state index >= 15 is 0 Å². The Hall–Kier alpha value is -1.12. The van der Waals surface area contributed by atoms with Gasteiger partial charge in [0.2, 0.25) is 0 Å². The summed E-state index contributed by atoms with van der Waals surface area (Å²) in [5.74, 6) is 0.100. The highest BCUT2D eigenvalue weighted by molar-refractivity contribution is 8.00. The van der Waals surface area contributed by atoms with Crippen LogP contribution in [0.5, 0.6) is 0 Å². The minimum absolute atomic E-state index is 0.158. The van der Waals surface area contributed by atoms with Crippen molar-refractivity contribution >= 4 is 29.3 Å². The van der Waals surface area contributed by atoms with E-state index in [0.29, 0.717) is 25.9 Å². The summed E-state index contributed by atoms with van der Waals surface area (Å²) in [5.41, 5.74) is 0. The van der Waals surface area contributed by atoms with Crippen molar-refractivity contribution in [3.05, 3.63) is 23.1 Å². The molecule has 6 heteroatoms. The van der Waals surface area contributed by atoms with Crippen molar-refractivity contribution in [1.29, 1.82) is 5.26 Å². The summed E-state index contributed by atoms with van der Waals surface area (Å²) in [5, 5.41) is 9.39. The lowest BCUT2D eigenvalue weighted by Gasteiger charge is -2.35. The van der Waals surface area contributed by atoms with Crippen LogP contribution in [0, 0.1) is 11.3 Å². The quantitative estimate of drug-likeness (QED) is 0.838. The van der Waals surface area contributed by atoms with Crippen LogP contribution in [0.15, 0.2) is 16.5 Å². The van der Waals surface area contributed by atoms with Crippen molar-refractivity contribution in [2.45, 2.75) is 17.6 Å². The van der Waals surface area contributed by atoms with Crippen LogP contribution < -0.4 is 0 Å². The molecule has 18 heavy (non-hydrogen) atoms. The molecule has 0 spiro atoms. The molecule has 1 aromatic heterocycles. The molecule has 1 saturated heterocycles. The van der Waals surface area contributed by atoms with Gasteiger partial charge in [0, 0.05) is 13.1 Å². The molecule has 1 fully saturated rings. The number of furan rings is 1. The van der Waals surface area contributed by atoms with Crippen molar-refractivity contribution < 1.29 is 9.21 Å². The number of nitrogens with zero attached hydrogens (tertiary/aromatic N) is 2.